The molecule has 0 saturated heterocycles. The first kappa shape index (κ1) is 11.3. The summed E-state index contributed by atoms with van der Waals surface area (Å²) in [4.78, 5) is 4.09. The van der Waals surface area contributed by atoms with Crippen LogP contribution in [0.15, 0.2) is 47.2 Å². The molecule has 0 aliphatic rings. The van der Waals surface area contributed by atoms with Crippen LogP contribution < -0.4 is 5.73 Å². The van der Waals surface area contributed by atoms with E-state index in [9.17, 15) is 0 Å². The van der Waals surface area contributed by atoms with Gasteiger partial charge in [0.2, 0.25) is 0 Å². The van der Waals surface area contributed by atoms with Gasteiger partial charge in [-0.05, 0) is 30.2 Å². The van der Waals surface area contributed by atoms with Gasteiger partial charge in [0.15, 0.2) is 0 Å². The largest absolute Gasteiger partial charge is 0.320 e. The summed E-state index contributed by atoms with van der Waals surface area (Å²) in [5.74, 6) is 0. The van der Waals surface area contributed by atoms with Crippen LogP contribution in [0.5, 0.6) is 0 Å². The van der Waals surface area contributed by atoms with E-state index in [4.69, 9.17) is 5.73 Å². The summed E-state index contributed by atoms with van der Waals surface area (Å²) in [6.07, 6.45) is 3.56. The molecule has 0 radical (unpaired) electrons. The molecular weight excluding hydrogens is 264 g/mol. The molecule has 1 heterocycles. The smallest absolute Gasteiger partial charge is 0.0578 e. The molecule has 1 aromatic carbocycles. The Labute approximate surface area is 104 Å². The third-order valence-electron chi connectivity index (χ3n) is 2.53. The Morgan fingerprint density at radius 3 is 2.81 bits per heavy atom. The second kappa shape index (κ2) is 4.76. The van der Waals surface area contributed by atoms with Crippen molar-refractivity contribution in [2.75, 3.05) is 0 Å². The summed E-state index contributed by atoms with van der Waals surface area (Å²) >= 11 is 3.53. The highest BCUT2D eigenvalue weighted by Crippen LogP contribution is 2.27. The maximum Gasteiger partial charge on any atom is 0.0578 e. The minimum absolute atomic E-state index is 0.136. The number of hydrogen-bond donors (Lipinski definition) is 1. The van der Waals surface area contributed by atoms with Crippen molar-refractivity contribution in [2.24, 2.45) is 5.73 Å². The summed E-state index contributed by atoms with van der Waals surface area (Å²) < 4.78 is 1.04. The van der Waals surface area contributed by atoms with Gasteiger partial charge in [0.1, 0.15) is 0 Å². The molecule has 0 bridgehead atoms. The summed E-state index contributed by atoms with van der Waals surface area (Å²) in [5, 5.41) is 0. The van der Waals surface area contributed by atoms with Crippen LogP contribution in [-0.4, -0.2) is 4.98 Å². The summed E-state index contributed by atoms with van der Waals surface area (Å²) in [7, 11) is 0. The van der Waals surface area contributed by atoms with Crippen LogP contribution in [0.25, 0.3) is 0 Å². The van der Waals surface area contributed by atoms with Crippen LogP contribution in [0.1, 0.15) is 22.7 Å². The average Bonchev–Trinajstić information content (AvgIpc) is 2.32. The van der Waals surface area contributed by atoms with Gasteiger partial charge in [-0.25, -0.2) is 0 Å². The normalized spacial score (nSPS) is 12.4. The molecule has 0 amide bonds. The van der Waals surface area contributed by atoms with E-state index in [0.717, 1.165) is 15.6 Å². The number of pyridine rings is 1. The van der Waals surface area contributed by atoms with Gasteiger partial charge in [-0.15, -0.1) is 0 Å². The van der Waals surface area contributed by atoms with Gasteiger partial charge in [-0.2, -0.15) is 0 Å². The number of halogens is 1. The number of hydrogen-bond acceptors (Lipinski definition) is 2. The van der Waals surface area contributed by atoms with E-state index in [-0.39, 0.29) is 6.04 Å². The van der Waals surface area contributed by atoms with Crippen molar-refractivity contribution in [3.05, 3.63) is 63.9 Å². The molecule has 0 fully saturated rings. The first-order valence-electron chi connectivity index (χ1n) is 5.10. The third kappa shape index (κ3) is 2.31. The fraction of sp³-hybridized carbons (Fsp3) is 0.154. The van der Waals surface area contributed by atoms with Gasteiger partial charge in [-0.3, -0.25) is 4.98 Å². The zero-order valence-corrected chi connectivity index (χ0v) is 10.6. The maximum atomic E-state index is 6.22. The van der Waals surface area contributed by atoms with Gasteiger partial charge in [0.25, 0.3) is 0 Å². The number of aryl methyl sites for hydroxylation is 1. The Morgan fingerprint density at radius 1 is 1.31 bits per heavy atom. The molecule has 0 spiro atoms. The molecule has 2 rings (SSSR count). The maximum absolute atomic E-state index is 6.22. The number of nitrogens with zero attached hydrogens (tertiary/aromatic N) is 1. The van der Waals surface area contributed by atoms with Crippen molar-refractivity contribution in [2.45, 2.75) is 13.0 Å². The quantitative estimate of drug-likeness (QED) is 0.915. The molecule has 1 atom stereocenters. The minimum Gasteiger partial charge on any atom is -0.320 e. The molecule has 1 unspecified atom stereocenters. The lowest BCUT2D eigenvalue weighted by Gasteiger charge is -2.14. The first-order valence-corrected chi connectivity index (χ1v) is 5.89. The fourth-order valence-corrected chi connectivity index (χ4v) is 2.13. The average molecular weight is 277 g/mol. The minimum atomic E-state index is -0.136. The Hall–Kier alpha value is -1.19. The Kier molecular flexibility index (Phi) is 3.36. The van der Waals surface area contributed by atoms with E-state index in [0.29, 0.717) is 0 Å². The molecule has 0 aliphatic heterocycles. The van der Waals surface area contributed by atoms with Crippen LogP contribution >= 0.6 is 15.9 Å². The standard InChI is InChI=1S/C13H13BrN2/c1-9-4-5-12(14)11(7-9)13(15)10-3-2-6-16-8-10/h2-8,13H,15H2,1H3. The van der Waals surface area contributed by atoms with Gasteiger partial charge < -0.3 is 5.73 Å². The van der Waals surface area contributed by atoms with Gasteiger partial charge in [0.05, 0.1) is 6.04 Å². The summed E-state index contributed by atoms with van der Waals surface area (Å²) in [6, 6.07) is 9.94. The Balaban J connectivity index is 2.41. The molecule has 0 aliphatic carbocycles. The van der Waals surface area contributed by atoms with Crippen LogP contribution in [0.4, 0.5) is 0 Å². The number of aromatic nitrogens is 1. The SMILES string of the molecule is Cc1ccc(Br)c(C(N)c2cccnc2)c1. The van der Waals surface area contributed by atoms with Gasteiger partial charge in [0, 0.05) is 16.9 Å². The molecular formula is C13H13BrN2. The van der Waals surface area contributed by atoms with Crippen molar-refractivity contribution in [1.82, 2.24) is 4.98 Å². The number of rotatable bonds is 2. The summed E-state index contributed by atoms with van der Waals surface area (Å²) in [6.45, 7) is 2.06. The van der Waals surface area contributed by atoms with Crippen LogP contribution in [0, 0.1) is 6.92 Å². The van der Waals surface area contributed by atoms with E-state index in [1.54, 1.807) is 12.4 Å². The zero-order valence-electron chi connectivity index (χ0n) is 9.02. The van der Waals surface area contributed by atoms with Crippen molar-refractivity contribution < 1.29 is 0 Å². The first-order chi connectivity index (χ1) is 7.68. The monoisotopic (exact) mass is 276 g/mol. The van der Waals surface area contributed by atoms with E-state index in [1.807, 2.05) is 18.2 Å². The highest BCUT2D eigenvalue weighted by molar-refractivity contribution is 9.10. The van der Waals surface area contributed by atoms with Crippen molar-refractivity contribution >= 4 is 15.9 Å². The zero-order chi connectivity index (χ0) is 11.5. The molecule has 2 N–H and O–H groups in total. The fourth-order valence-electron chi connectivity index (χ4n) is 1.64. The molecule has 82 valence electrons. The topological polar surface area (TPSA) is 38.9 Å². The number of benzene rings is 1. The van der Waals surface area contributed by atoms with Crippen molar-refractivity contribution in [3.8, 4) is 0 Å². The Morgan fingerprint density at radius 2 is 2.12 bits per heavy atom. The van der Waals surface area contributed by atoms with Crippen molar-refractivity contribution in [3.63, 3.8) is 0 Å². The molecule has 3 heteroatoms. The second-order valence-electron chi connectivity index (χ2n) is 3.79. The van der Waals surface area contributed by atoms with E-state index in [2.05, 4.69) is 40.0 Å². The van der Waals surface area contributed by atoms with Gasteiger partial charge >= 0.3 is 0 Å². The lowest BCUT2D eigenvalue weighted by Crippen LogP contribution is -2.12. The molecule has 2 aromatic rings. The third-order valence-corrected chi connectivity index (χ3v) is 3.25. The van der Waals surface area contributed by atoms with Crippen molar-refractivity contribution in [1.29, 1.82) is 0 Å². The van der Waals surface area contributed by atoms with Crippen LogP contribution in [0.2, 0.25) is 0 Å². The second-order valence-corrected chi connectivity index (χ2v) is 4.64. The predicted molar refractivity (Wildman–Crippen MR) is 69.1 cm³/mol. The highest BCUT2D eigenvalue weighted by atomic mass is 79.9. The lowest BCUT2D eigenvalue weighted by atomic mass is 10.00. The molecule has 0 saturated carbocycles. The molecule has 2 nitrogen and oxygen atoms in total. The van der Waals surface area contributed by atoms with E-state index < -0.39 is 0 Å². The molecule has 16 heavy (non-hydrogen) atoms. The predicted octanol–water partition coefficient (Wildman–Crippen LogP) is 3.20. The number of nitrogens with two attached hydrogens (primary N) is 1. The highest BCUT2D eigenvalue weighted by Gasteiger charge is 2.12. The summed E-state index contributed by atoms with van der Waals surface area (Å²) in [5.41, 5.74) is 9.53. The van der Waals surface area contributed by atoms with Gasteiger partial charge in [-0.1, -0.05) is 39.7 Å². The van der Waals surface area contributed by atoms with Crippen LogP contribution in [-0.2, 0) is 0 Å². The van der Waals surface area contributed by atoms with Crippen LogP contribution in [0.3, 0.4) is 0 Å². The van der Waals surface area contributed by atoms with E-state index >= 15 is 0 Å². The van der Waals surface area contributed by atoms with E-state index in [1.165, 1.54) is 5.56 Å². The lowest BCUT2D eigenvalue weighted by molar-refractivity contribution is 0.856. The Bertz CT molecular complexity index is 483. The molecule has 1 aromatic heterocycles.